The van der Waals surface area contributed by atoms with Crippen LogP contribution in [0.15, 0.2) is 0 Å². The largest absolute Gasteiger partial charge is 0.444 e. The molecule has 1 amide bonds. The molecule has 0 saturated carbocycles. The molecule has 0 spiro atoms. The van der Waals surface area contributed by atoms with Gasteiger partial charge >= 0.3 is 6.09 Å². The first-order valence-corrected chi connectivity index (χ1v) is 6.52. The highest BCUT2D eigenvalue weighted by molar-refractivity contribution is 7.99. The summed E-state index contributed by atoms with van der Waals surface area (Å²) >= 11 is 1.77. The Kier molecular flexibility index (Phi) is 4.48. The van der Waals surface area contributed by atoms with Crippen molar-refractivity contribution in [3.05, 3.63) is 0 Å². The van der Waals surface area contributed by atoms with Crippen molar-refractivity contribution in [3.63, 3.8) is 0 Å². The summed E-state index contributed by atoms with van der Waals surface area (Å²) < 4.78 is 5.13. The number of thioether (sulfide) groups is 1. The number of hydrogen-bond donors (Lipinski definition) is 1. The molecule has 1 heterocycles. The van der Waals surface area contributed by atoms with Gasteiger partial charge in [-0.2, -0.15) is 17.0 Å². The van der Waals surface area contributed by atoms with Crippen LogP contribution in [0, 0.1) is 23.2 Å². The van der Waals surface area contributed by atoms with Crippen LogP contribution in [0.25, 0.3) is 0 Å². The summed E-state index contributed by atoms with van der Waals surface area (Å²) in [5, 5.41) is 11.6. The summed E-state index contributed by atoms with van der Waals surface area (Å²) in [4.78, 5) is 11.4. The van der Waals surface area contributed by atoms with Crippen LogP contribution in [0.5, 0.6) is 0 Å². The first-order valence-electron chi connectivity index (χ1n) is 5.36. The van der Waals surface area contributed by atoms with Crippen LogP contribution >= 0.6 is 11.8 Å². The van der Waals surface area contributed by atoms with Crippen molar-refractivity contribution in [2.24, 2.45) is 11.8 Å². The predicted octanol–water partition coefficient (Wildman–Crippen LogP) is 2.01. The number of carbonyl (C=O) groups is 1. The summed E-state index contributed by atoms with van der Waals surface area (Å²) in [6.45, 7) is 6.02. The van der Waals surface area contributed by atoms with Gasteiger partial charge in [-0.1, -0.05) is 0 Å². The van der Waals surface area contributed by atoms with Crippen molar-refractivity contribution in [1.82, 2.24) is 5.32 Å². The zero-order valence-corrected chi connectivity index (χ0v) is 10.8. The molecule has 1 aliphatic heterocycles. The van der Waals surface area contributed by atoms with E-state index in [0.29, 0.717) is 6.54 Å². The number of alkyl carbamates (subject to hydrolysis) is 1. The Hall–Kier alpha value is -0.890. The molecule has 1 aliphatic rings. The Labute approximate surface area is 101 Å². The first kappa shape index (κ1) is 13.2. The molecule has 0 aliphatic carbocycles. The minimum Gasteiger partial charge on any atom is -0.444 e. The van der Waals surface area contributed by atoms with Gasteiger partial charge in [-0.25, -0.2) is 4.79 Å². The van der Waals surface area contributed by atoms with Crippen molar-refractivity contribution in [3.8, 4) is 6.07 Å². The fourth-order valence-electron chi connectivity index (χ4n) is 1.47. The molecule has 0 bridgehead atoms. The Morgan fingerprint density at radius 1 is 1.56 bits per heavy atom. The van der Waals surface area contributed by atoms with Gasteiger partial charge in [0.15, 0.2) is 0 Å². The Morgan fingerprint density at radius 3 is 2.81 bits per heavy atom. The van der Waals surface area contributed by atoms with Gasteiger partial charge in [0.2, 0.25) is 0 Å². The molecule has 0 radical (unpaired) electrons. The molecule has 16 heavy (non-hydrogen) atoms. The number of nitriles is 1. The average Bonchev–Trinajstić information content (AvgIpc) is 2.59. The molecular weight excluding hydrogens is 224 g/mol. The lowest BCUT2D eigenvalue weighted by Gasteiger charge is -2.21. The zero-order valence-electron chi connectivity index (χ0n) is 9.95. The van der Waals surface area contributed by atoms with Gasteiger partial charge < -0.3 is 10.1 Å². The van der Waals surface area contributed by atoms with E-state index in [1.165, 1.54) is 0 Å². The number of hydrogen-bond acceptors (Lipinski definition) is 4. The normalized spacial score (nSPS) is 24.9. The van der Waals surface area contributed by atoms with Crippen molar-refractivity contribution >= 4 is 17.9 Å². The quantitative estimate of drug-likeness (QED) is 0.804. The molecule has 0 aromatic heterocycles. The number of nitrogens with one attached hydrogen (secondary N) is 1. The van der Waals surface area contributed by atoms with E-state index in [0.717, 1.165) is 11.5 Å². The Morgan fingerprint density at radius 2 is 2.25 bits per heavy atom. The van der Waals surface area contributed by atoms with Gasteiger partial charge in [-0.05, 0) is 26.5 Å². The molecule has 2 unspecified atom stereocenters. The number of carbonyl (C=O) groups excluding carboxylic acids is 1. The fourth-order valence-corrected chi connectivity index (χ4v) is 2.86. The van der Waals surface area contributed by atoms with E-state index in [4.69, 9.17) is 10.00 Å². The van der Waals surface area contributed by atoms with Gasteiger partial charge in [0, 0.05) is 18.2 Å². The third kappa shape index (κ3) is 4.31. The van der Waals surface area contributed by atoms with E-state index in [1.54, 1.807) is 11.8 Å². The van der Waals surface area contributed by atoms with Crippen LogP contribution in [-0.2, 0) is 4.74 Å². The monoisotopic (exact) mass is 242 g/mol. The molecule has 0 aromatic rings. The zero-order chi connectivity index (χ0) is 12.2. The summed E-state index contributed by atoms with van der Waals surface area (Å²) in [5.41, 5.74) is -0.469. The maximum atomic E-state index is 11.4. The summed E-state index contributed by atoms with van der Waals surface area (Å²) in [6.07, 6.45) is -0.402. The molecule has 0 aromatic carbocycles. The first-order chi connectivity index (χ1) is 7.42. The summed E-state index contributed by atoms with van der Waals surface area (Å²) in [6, 6.07) is 2.27. The SMILES string of the molecule is CC(C)(C)OC(=O)NCC1CSCC1C#N. The van der Waals surface area contributed by atoms with Crippen molar-refractivity contribution < 1.29 is 9.53 Å². The van der Waals surface area contributed by atoms with Crippen LogP contribution in [-0.4, -0.2) is 29.7 Å². The van der Waals surface area contributed by atoms with Gasteiger partial charge in [-0.3, -0.25) is 0 Å². The molecule has 5 heteroatoms. The predicted molar refractivity (Wildman–Crippen MR) is 64.2 cm³/mol. The van der Waals surface area contributed by atoms with Crippen LogP contribution in [0.3, 0.4) is 0 Å². The Bertz CT molecular complexity index is 293. The van der Waals surface area contributed by atoms with E-state index >= 15 is 0 Å². The Balaban J connectivity index is 2.30. The lowest BCUT2D eigenvalue weighted by Crippen LogP contribution is -2.36. The van der Waals surface area contributed by atoms with Crippen LogP contribution in [0.4, 0.5) is 4.79 Å². The lowest BCUT2D eigenvalue weighted by atomic mass is 9.98. The second-order valence-electron chi connectivity index (χ2n) is 4.92. The highest BCUT2D eigenvalue weighted by Gasteiger charge is 2.28. The van der Waals surface area contributed by atoms with Crippen molar-refractivity contribution in [2.45, 2.75) is 26.4 Å². The molecule has 1 saturated heterocycles. The molecular formula is C11H18N2O2S. The maximum Gasteiger partial charge on any atom is 0.407 e. The minimum atomic E-state index is -0.469. The lowest BCUT2D eigenvalue weighted by molar-refractivity contribution is 0.0519. The number of amides is 1. The number of rotatable bonds is 2. The molecule has 2 atom stereocenters. The van der Waals surface area contributed by atoms with Gasteiger partial charge in [0.05, 0.1) is 12.0 Å². The van der Waals surface area contributed by atoms with Crippen molar-refractivity contribution in [2.75, 3.05) is 18.1 Å². The van der Waals surface area contributed by atoms with Crippen molar-refractivity contribution in [1.29, 1.82) is 5.26 Å². The summed E-state index contributed by atoms with van der Waals surface area (Å²) in [7, 11) is 0. The molecule has 1 N–H and O–H groups in total. The smallest absolute Gasteiger partial charge is 0.407 e. The van der Waals surface area contributed by atoms with Gasteiger partial charge in [-0.15, -0.1) is 0 Å². The van der Waals surface area contributed by atoms with Crippen LogP contribution in [0.2, 0.25) is 0 Å². The standard InChI is InChI=1S/C11H18N2O2S/c1-11(2,3)15-10(14)13-5-9-7-16-6-8(9)4-12/h8-9H,5-7H2,1-3H3,(H,13,14). The second-order valence-corrected chi connectivity index (χ2v) is 5.99. The fraction of sp³-hybridized carbons (Fsp3) is 0.818. The molecule has 1 fully saturated rings. The third-order valence-corrected chi connectivity index (χ3v) is 3.53. The minimum absolute atomic E-state index is 0.0555. The van der Waals surface area contributed by atoms with E-state index in [-0.39, 0.29) is 11.8 Å². The molecule has 90 valence electrons. The van der Waals surface area contributed by atoms with Crippen LogP contribution < -0.4 is 5.32 Å². The third-order valence-electron chi connectivity index (χ3n) is 2.27. The van der Waals surface area contributed by atoms with Crippen LogP contribution in [0.1, 0.15) is 20.8 Å². The average molecular weight is 242 g/mol. The topological polar surface area (TPSA) is 62.1 Å². The van der Waals surface area contributed by atoms with Gasteiger partial charge in [0.25, 0.3) is 0 Å². The maximum absolute atomic E-state index is 11.4. The highest BCUT2D eigenvalue weighted by atomic mass is 32.2. The number of ether oxygens (including phenoxy) is 1. The second kappa shape index (κ2) is 5.44. The van der Waals surface area contributed by atoms with E-state index < -0.39 is 11.7 Å². The molecule has 1 rings (SSSR count). The molecule has 4 nitrogen and oxygen atoms in total. The van der Waals surface area contributed by atoms with E-state index in [2.05, 4.69) is 11.4 Å². The van der Waals surface area contributed by atoms with E-state index in [1.807, 2.05) is 20.8 Å². The van der Waals surface area contributed by atoms with Gasteiger partial charge in [0.1, 0.15) is 5.60 Å². The highest BCUT2D eigenvalue weighted by Crippen LogP contribution is 2.28. The summed E-state index contributed by atoms with van der Waals surface area (Å²) in [5.74, 6) is 2.12. The van der Waals surface area contributed by atoms with E-state index in [9.17, 15) is 4.79 Å². The number of nitrogens with zero attached hydrogens (tertiary/aromatic N) is 1.